The van der Waals surface area contributed by atoms with Crippen LogP contribution >= 0.6 is 0 Å². The van der Waals surface area contributed by atoms with Crippen LogP contribution < -0.4 is 29.6 Å². The molecule has 2 aliphatic rings. The quantitative estimate of drug-likeness (QED) is 0.323. The third kappa shape index (κ3) is 6.62. The van der Waals surface area contributed by atoms with Crippen LogP contribution in [0.3, 0.4) is 0 Å². The fourth-order valence-corrected chi connectivity index (χ4v) is 5.19. The zero-order valence-electron chi connectivity index (χ0n) is 23.4. The molecule has 3 aromatic carbocycles. The number of likely N-dealkylation sites (tertiary alicyclic amines) is 1. The molecule has 212 valence electrons. The van der Waals surface area contributed by atoms with Crippen molar-refractivity contribution in [2.24, 2.45) is 0 Å². The van der Waals surface area contributed by atoms with E-state index in [9.17, 15) is 4.79 Å². The van der Waals surface area contributed by atoms with Crippen LogP contribution in [-0.4, -0.2) is 56.8 Å². The summed E-state index contributed by atoms with van der Waals surface area (Å²) < 4.78 is 23.7. The molecule has 0 radical (unpaired) electrons. The molecule has 1 amide bonds. The number of rotatable bonds is 9. The molecule has 1 fully saturated rings. The summed E-state index contributed by atoms with van der Waals surface area (Å²) >= 11 is 0. The number of methoxy groups -OCH3 is 1. The van der Waals surface area contributed by atoms with Gasteiger partial charge in [0.2, 0.25) is 0 Å². The minimum absolute atomic E-state index is 0.0728. The third-order valence-corrected chi connectivity index (χ3v) is 7.43. The van der Waals surface area contributed by atoms with E-state index >= 15 is 0 Å². The van der Waals surface area contributed by atoms with Crippen molar-refractivity contribution in [3.05, 3.63) is 66.2 Å². The van der Waals surface area contributed by atoms with Gasteiger partial charge in [-0.15, -0.1) is 0 Å². The topological polar surface area (TPSA) is 86.5 Å². The molecule has 0 saturated carbocycles. The summed E-state index contributed by atoms with van der Waals surface area (Å²) in [6, 6.07) is 18.2. The second-order valence-electron chi connectivity index (χ2n) is 10.3. The molecule has 2 aliphatic heterocycles. The van der Waals surface area contributed by atoms with Crippen LogP contribution in [0.5, 0.6) is 28.7 Å². The van der Waals surface area contributed by atoms with E-state index in [1.807, 2.05) is 36.4 Å². The molecule has 5 rings (SSSR count). The lowest BCUT2D eigenvalue weighted by Crippen LogP contribution is -2.38. The Kier molecular flexibility index (Phi) is 8.96. The molecule has 3 aromatic rings. The largest absolute Gasteiger partial charge is 0.493 e. The summed E-state index contributed by atoms with van der Waals surface area (Å²) in [7, 11) is 1.57. The van der Waals surface area contributed by atoms with E-state index in [4.69, 9.17) is 24.7 Å². The van der Waals surface area contributed by atoms with Crippen LogP contribution in [0.1, 0.15) is 49.4 Å². The van der Waals surface area contributed by atoms with Crippen molar-refractivity contribution in [2.75, 3.05) is 50.5 Å². The number of nitrogens with zero attached hydrogens (tertiary/aromatic N) is 2. The van der Waals surface area contributed by atoms with Crippen LogP contribution in [-0.2, 0) is 0 Å². The van der Waals surface area contributed by atoms with E-state index in [2.05, 4.69) is 11.8 Å². The normalized spacial score (nSPS) is 16.0. The van der Waals surface area contributed by atoms with Crippen molar-refractivity contribution >= 4 is 17.3 Å². The minimum atomic E-state index is -0.0728. The monoisotopic (exact) mass is 545 g/mol. The van der Waals surface area contributed by atoms with Crippen molar-refractivity contribution in [3.8, 4) is 28.7 Å². The first-order valence-electron chi connectivity index (χ1n) is 14.2. The Morgan fingerprint density at radius 2 is 1.75 bits per heavy atom. The number of benzene rings is 3. The Bertz CT molecular complexity index is 1290. The maximum Gasteiger partial charge on any atom is 0.258 e. The zero-order valence-corrected chi connectivity index (χ0v) is 23.4. The molecular weight excluding hydrogens is 506 g/mol. The average Bonchev–Trinajstić information content (AvgIpc) is 3.20. The van der Waals surface area contributed by atoms with Crippen molar-refractivity contribution in [1.29, 1.82) is 0 Å². The summed E-state index contributed by atoms with van der Waals surface area (Å²) in [6.07, 6.45) is 5.49. The number of anilines is 2. The number of carbonyl (C=O) groups excluding carboxylic acids is 1. The van der Waals surface area contributed by atoms with Gasteiger partial charge in [0.05, 0.1) is 19.4 Å². The highest BCUT2D eigenvalue weighted by Gasteiger charge is 2.25. The Hall–Kier alpha value is -3.91. The zero-order chi connectivity index (χ0) is 27.9. The van der Waals surface area contributed by atoms with Crippen LogP contribution in [0, 0.1) is 0 Å². The summed E-state index contributed by atoms with van der Waals surface area (Å²) in [6.45, 7) is 6.64. The van der Waals surface area contributed by atoms with Crippen molar-refractivity contribution in [1.82, 2.24) is 4.90 Å². The van der Waals surface area contributed by atoms with Gasteiger partial charge in [-0.3, -0.25) is 4.79 Å². The van der Waals surface area contributed by atoms with Gasteiger partial charge in [-0.05, 0) is 80.8 Å². The summed E-state index contributed by atoms with van der Waals surface area (Å²) in [5.41, 5.74) is 7.78. The minimum Gasteiger partial charge on any atom is -0.493 e. The van der Waals surface area contributed by atoms with Gasteiger partial charge in [0.1, 0.15) is 23.4 Å². The highest BCUT2D eigenvalue weighted by molar-refractivity contribution is 6.07. The number of piperidine rings is 1. The van der Waals surface area contributed by atoms with Crippen LogP contribution in [0.25, 0.3) is 0 Å². The standard InChI is InChI=1S/C32H39N3O5/c1-3-4-16-34-18-14-26(15-19-34)39-25-9-6-23(7-10-25)32(36)35-17-5-20-38-30-22-27(11-12-28(30)35)40-29-13-8-24(33)21-31(29)37-2/h6-13,21-22,26H,3-5,14-20,33H2,1-2H3. The van der Waals surface area contributed by atoms with Gasteiger partial charge >= 0.3 is 0 Å². The van der Waals surface area contributed by atoms with Gasteiger partial charge in [-0.1, -0.05) is 13.3 Å². The summed E-state index contributed by atoms with van der Waals surface area (Å²) in [4.78, 5) is 17.9. The van der Waals surface area contributed by atoms with Gasteiger partial charge in [0, 0.05) is 43.0 Å². The number of amides is 1. The van der Waals surface area contributed by atoms with Crippen LogP contribution in [0.4, 0.5) is 11.4 Å². The molecule has 0 spiro atoms. The molecule has 8 nitrogen and oxygen atoms in total. The van der Waals surface area contributed by atoms with Gasteiger partial charge in [0.15, 0.2) is 11.5 Å². The summed E-state index contributed by atoms with van der Waals surface area (Å²) in [5.74, 6) is 3.00. The number of carbonyl (C=O) groups is 1. The highest BCUT2D eigenvalue weighted by Crippen LogP contribution is 2.39. The first-order chi connectivity index (χ1) is 19.5. The molecular formula is C32H39N3O5. The number of hydrogen-bond donors (Lipinski definition) is 1. The smallest absolute Gasteiger partial charge is 0.258 e. The molecule has 8 heteroatoms. The van der Waals surface area contributed by atoms with E-state index in [1.54, 1.807) is 36.3 Å². The number of nitrogens with two attached hydrogens (primary N) is 1. The van der Waals surface area contributed by atoms with Gasteiger partial charge in [0.25, 0.3) is 5.91 Å². The summed E-state index contributed by atoms with van der Waals surface area (Å²) in [5, 5.41) is 0. The SMILES string of the molecule is CCCCN1CCC(Oc2ccc(C(=O)N3CCCOc4cc(Oc5ccc(N)cc5OC)ccc43)cc2)CC1. The number of nitrogen functional groups attached to an aromatic ring is 1. The van der Waals surface area contributed by atoms with E-state index in [-0.39, 0.29) is 12.0 Å². The predicted molar refractivity (Wildman–Crippen MR) is 157 cm³/mol. The van der Waals surface area contributed by atoms with Crippen molar-refractivity contribution < 1.29 is 23.7 Å². The molecule has 1 saturated heterocycles. The Morgan fingerprint density at radius 1 is 0.975 bits per heavy atom. The number of hydrogen-bond acceptors (Lipinski definition) is 7. The molecule has 0 aliphatic carbocycles. The molecule has 0 unspecified atom stereocenters. The lowest BCUT2D eigenvalue weighted by Gasteiger charge is -2.32. The Labute approximate surface area is 236 Å². The van der Waals surface area contributed by atoms with Crippen molar-refractivity contribution in [3.63, 3.8) is 0 Å². The molecule has 40 heavy (non-hydrogen) atoms. The van der Waals surface area contributed by atoms with E-state index in [1.165, 1.54) is 19.4 Å². The van der Waals surface area contributed by atoms with Gasteiger partial charge in [-0.25, -0.2) is 0 Å². The number of unbranched alkanes of at least 4 members (excludes halogenated alkanes) is 1. The Morgan fingerprint density at radius 3 is 2.50 bits per heavy atom. The molecule has 2 heterocycles. The average molecular weight is 546 g/mol. The molecule has 0 aromatic heterocycles. The lowest BCUT2D eigenvalue weighted by atomic mass is 10.1. The predicted octanol–water partition coefficient (Wildman–Crippen LogP) is 6.14. The first-order valence-corrected chi connectivity index (χ1v) is 14.2. The third-order valence-electron chi connectivity index (χ3n) is 7.43. The first kappa shape index (κ1) is 27.6. The maximum atomic E-state index is 13.6. The van der Waals surface area contributed by atoms with E-state index in [0.29, 0.717) is 53.1 Å². The number of fused-ring (bicyclic) bond motifs is 1. The Balaban J connectivity index is 1.25. The second-order valence-corrected chi connectivity index (χ2v) is 10.3. The second kappa shape index (κ2) is 13.0. The van der Waals surface area contributed by atoms with Gasteiger partial charge in [-0.2, -0.15) is 0 Å². The van der Waals surface area contributed by atoms with E-state index in [0.717, 1.165) is 38.1 Å². The fourth-order valence-electron chi connectivity index (χ4n) is 5.19. The van der Waals surface area contributed by atoms with E-state index < -0.39 is 0 Å². The van der Waals surface area contributed by atoms with Crippen molar-refractivity contribution in [2.45, 2.75) is 45.1 Å². The van der Waals surface area contributed by atoms with Crippen LogP contribution in [0.15, 0.2) is 60.7 Å². The molecule has 2 N–H and O–H groups in total. The maximum absolute atomic E-state index is 13.6. The lowest BCUT2D eigenvalue weighted by molar-refractivity contribution is 0.0984. The fraction of sp³-hybridized carbons (Fsp3) is 0.406. The van der Waals surface area contributed by atoms with Gasteiger partial charge < -0.3 is 34.5 Å². The van der Waals surface area contributed by atoms with Crippen LogP contribution in [0.2, 0.25) is 0 Å². The number of ether oxygens (including phenoxy) is 4. The highest BCUT2D eigenvalue weighted by atomic mass is 16.5. The molecule has 0 bridgehead atoms. The molecule has 0 atom stereocenters.